The molecule has 0 bridgehead atoms. The average molecular weight is 565 g/mol. The quantitative estimate of drug-likeness (QED) is 0.227. The molecule has 0 spiro atoms. The van der Waals surface area contributed by atoms with E-state index in [0.717, 1.165) is 11.1 Å². The number of nitrogens with one attached hydrogen (secondary N) is 1. The highest BCUT2D eigenvalue weighted by atomic mass is 35.5. The van der Waals surface area contributed by atoms with E-state index >= 15 is 0 Å². The predicted molar refractivity (Wildman–Crippen MR) is 151 cm³/mol. The van der Waals surface area contributed by atoms with Gasteiger partial charge in [-0.3, -0.25) is 9.59 Å². The standard InChI is InChI=1S/C31H27Cl2FN2O3/c32-26-11-5-4-10-24(26)19-35-31(38)28(18-22-8-2-1-3-9-22)36(20-23-14-16-25(34)17-15-23)30(37)21-39-29-13-7-6-12-27(29)33/h1-17,28H,18-21H2,(H,35,38)/t28-/m1/s1. The van der Waals surface area contributed by atoms with Crippen molar-refractivity contribution in [1.29, 1.82) is 0 Å². The van der Waals surface area contributed by atoms with E-state index in [-0.39, 0.29) is 32.0 Å². The summed E-state index contributed by atoms with van der Waals surface area (Å²) >= 11 is 12.5. The van der Waals surface area contributed by atoms with Crippen LogP contribution in [0.15, 0.2) is 103 Å². The van der Waals surface area contributed by atoms with Crippen LogP contribution in [0.3, 0.4) is 0 Å². The van der Waals surface area contributed by atoms with Crippen LogP contribution >= 0.6 is 23.2 Å². The lowest BCUT2D eigenvalue weighted by atomic mass is 10.0. The van der Waals surface area contributed by atoms with Gasteiger partial charge in [0.25, 0.3) is 5.91 Å². The molecule has 5 nitrogen and oxygen atoms in total. The monoisotopic (exact) mass is 564 g/mol. The largest absolute Gasteiger partial charge is 0.482 e. The number of hydrogen-bond acceptors (Lipinski definition) is 3. The molecule has 4 aromatic rings. The number of amides is 2. The molecular weight excluding hydrogens is 538 g/mol. The van der Waals surface area contributed by atoms with E-state index in [2.05, 4.69) is 5.32 Å². The van der Waals surface area contributed by atoms with Crippen molar-refractivity contribution in [2.45, 2.75) is 25.6 Å². The van der Waals surface area contributed by atoms with Crippen molar-refractivity contribution in [3.63, 3.8) is 0 Å². The summed E-state index contributed by atoms with van der Waals surface area (Å²) < 4.78 is 19.3. The number of hydrogen-bond donors (Lipinski definition) is 1. The third-order valence-electron chi connectivity index (χ3n) is 6.14. The second-order valence-corrected chi connectivity index (χ2v) is 9.70. The number of para-hydroxylation sites is 1. The van der Waals surface area contributed by atoms with Gasteiger partial charge in [0.15, 0.2) is 6.61 Å². The number of carbonyl (C=O) groups excluding carboxylic acids is 2. The van der Waals surface area contributed by atoms with E-state index in [4.69, 9.17) is 27.9 Å². The minimum Gasteiger partial charge on any atom is -0.482 e. The molecule has 1 N–H and O–H groups in total. The fraction of sp³-hybridized carbons (Fsp3) is 0.161. The molecule has 0 aliphatic carbocycles. The molecule has 0 saturated carbocycles. The summed E-state index contributed by atoms with van der Waals surface area (Å²) in [5.74, 6) is -0.811. The van der Waals surface area contributed by atoms with E-state index < -0.39 is 17.8 Å². The van der Waals surface area contributed by atoms with Gasteiger partial charge in [0.1, 0.15) is 17.6 Å². The zero-order chi connectivity index (χ0) is 27.6. The number of benzene rings is 4. The van der Waals surface area contributed by atoms with Gasteiger partial charge in [-0.05, 0) is 47.0 Å². The van der Waals surface area contributed by atoms with Crippen molar-refractivity contribution in [3.8, 4) is 5.75 Å². The molecule has 0 saturated heterocycles. The van der Waals surface area contributed by atoms with Crippen LogP contribution < -0.4 is 10.1 Å². The number of halogens is 3. The van der Waals surface area contributed by atoms with Crippen molar-refractivity contribution >= 4 is 35.0 Å². The third kappa shape index (κ3) is 8.06. The van der Waals surface area contributed by atoms with Gasteiger partial charge in [-0.15, -0.1) is 0 Å². The van der Waals surface area contributed by atoms with Crippen LogP contribution in [0.2, 0.25) is 10.0 Å². The van der Waals surface area contributed by atoms with Crippen LogP contribution in [0, 0.1) is 5.82 Å². The summed E-state index contributed by atoms with van der Waals surface area (Å²) in [5, 5.41) is 3.84. The minimum absolute atomic E-state index is 0.0714. The molecule has 1 atom stereocenters. The summed E-state index contributed by atoms with van der Waals surface area (Å²) in [7, 11) is 0. The van der Waals surface area contributed by atoms with Gasteiger partial charge < -0.3 is 15.0 Å². The lowest BCUT2D eigenvalue weighted by Gasteiger charge is -2.31. The molecule has 0 fully saturated rings. The zero-order valence-corrected chi connectivity index (χ0v) is 22.5. The fourth-order valence-electron chi connectivity index (χ4n) is 4.07. The maximum atomic E-state index is 13.7. The fourth-order valence-corrected chi connectivity index (χ4v) is 4.46. The van der Waals surface area contributed by atoms with E-state index in [1.165, 1.54) is 17.0 Å². The smallest absolute Gasteiger partial charge is 0.261 e. The number of rotatable bonds is 11. The second kappa shape index (κ2) is 13.8. The Kier molecular flexibility index (Phi) is 9.95. The van der Waals surface area contributed by atoms with Gasteiger partial charge in [-0.2, -0.15) is 0 Å². The molecule has 200 valence electrons. The summed E-state index contributed by atoms with van der Waals surface area (Å²) in [4.78, 5) is 28.8. The van der Waals surface area contributed by atoms with E-state index in [1.54, 1.807) is 42.5 Å². The van der Waals surface area contributed by atoms with Gasteiger partial charge in [-0.1, -0.05) is 96.0 Å². The lowest BCUT2D eigenvalue weighted by molar-refractivity contribution is -0.142. The Balaban J connectivity index is 1.62. The Hall–Kier alpha value is -3.87. The molecule has 39 heavy (non-hydrogen) atoms. The third-order valence-corrected chi connectivity index (χ3v) is 6.82. The zero-order valence-electron chi connectivity index (χ0n) is 21.0. The van der Waals surface area contributed by atoms with E-state index in [1.807, 2.05) is 48.5 Å². The Labute approximate surface area is 237 Å². The highest BCUT2D eigenvalue weighted by molar-refractivity contribution is 6.32. The normalized spacial score (nSPS) is 11.5. The molecular formula is C31H27Cl2FN2O3. The second-order valence-electron chi connectivity index (χ2n) is 8.88. The van der Waals surface area contributed by atoms with Gasteiger partial charge in [0.2, 0.25) is 5.91 Å². The van der Waals surface area contributed by atoms with Gasteiger partial charge >= 0.3 is 0 Å². The Morgan fingerprint density at radius 2 is 1.44 bits per heavy atom. The molecule has 0 aliphatic heterocycles. The first-order valence-corrected chi connectivity index (χ1v) is 13.1. The molecule has 0 aromatic heterocycles. The molecule has 8 heteroatoms. The van der Waals surface area contributed by atoms with Crippen molar-refractivity contribution in [2.24, 2.45) is 0 Å². The molecule has 4 rings (SSSR count). The molecule has 0 aliphatic rings. The molecule has 0 unspecified atom stereocenters. The van der Waals surface area contributed by atoms with Crippen molar-refractivity contribution < 1.29 is 18.7 Å². The van der Waals surface area contributed by atoms with E-state index in [9.17, 15) is 14.0 Å². The maximum Gasteiger partial charge on any atom is 0.261 e. The van der Waals surface area contributed by atoms with E-state index in [0.29, 0.717) is 21.4 Å². The first-order valence-electron chi connectivity index (χ1n) is 12.4. The molecule has 0 heterocycles. The van der Waals surface area contributed by atoms with Crippen molar-refractivity contribution in [3.05, 3.63) is 136 Å². The number of nitrogens with zero attached hydrogens (tertiary/aromatic N) is 1. The average Bonchev–Trinajstić information content (AvgIpc) is 2.95. The van der Waals surface area contributed by atoms with Crippen LogP contribution in [-0.2, 0) is 29.1 Å². The molecule has 0 radical (unpaired) electrons. The Morgan fingerprint density at radius 3 is 2.13 bits per heavy atom. The van der Waals surface area contributed by atoms with Crippen molar-refractivity contribution in [2.75, 3.05) is 6.61 Å². The van der Waals surface area contributed by atoms with Gasteiger partial charge in [0.05, 0.1) is 5.02 Å². The van der Waals surface area contributed by atoms with Crippen LogP contribution in [-0.4, -0.2) is 29.4 Å². The topological polar surface area (TPSA) is 58.6 Å². The first-order chi connectivity index (χ1) is 18.9. The Bertz CT molecular complexity index is 1400. The molecule has 4 aromatic carbocycles. The highest BCUT2D eigenvalue weighted by Crippen LogP contribution is 2.24. The highest BCUT2D eigenvalue weighted by Gasteiger charge is 2.31. The minimum atomic E-state index is -0.887. The lowest BCUT2D eigenvalue weighted by Crippen LogP contribution is -2.51. The number of carbonyl (C=O) groups is 2. The summed E-state index contributed by atoms with van der Waals surface area (Å²) in [6, 6.07) is 28.4. The van der Waals surface area contributed by atoms with Crippen molar-refractivity contribution in [1.82, 2.24) is 10.2 Å². The predicted octanol–water partition coefficient (Wildman–Crippen LogP) is 6.47. The van der Waals surface area contributed by atoms with Gasteiger partial charge in [-0.25, -0.2) is 4.39 Å². The Morgan fingerprint density at radius 1 is 0.795 bits per heavy atom. The SMILES string of the molecule is O=C(NCc1ccccc1Cl)[C@@H](Cc1ccccc1)N(Cc1ccc(F)cc1)C(=O)COc1ccccc1Cl. The van der Waals surface area contributed by atoms with Crippen LogP contribution in [0.1, 0.15) is 16.7 Å². The van der Waals surface area contributed by atoms with Crippen LogP contribution in [0.25, 0.3) is 0 Å². The summed E-state index contributed by atoms with van der Waals surface area (Å²) in [6.45, 7) is -0.0749. The number of ether oxygens (including phenoxy) is 1. The molecule has 2 amide bonds. The summed E-state index contributed by atoms with van der Waals surface area (Å²) in [5.41, 5.74) is 2.29. The first kappa shape index (κ1) is 28.1. The van der Waals surface area contributed by atoms with Crippen LogP contribution in [0.4, 0.5) is 4.39 Å². The summed E-state index contributed by atoms with van der Waals surface area (Å²) in [6.07, 6.45) is 0.258. The van der Waals surface area contributed by atoms with Gasteiger partial charge in [0, 0.05) is 24.5 Å². The maximum absolute atomic E-state index is 13.7. The van der Waals surface area contributed by atoms with Crippen LogP contribution in [0.5, 0.6) is 5.75 Å².